The van der Waals surface area contributed by atoms with Crippen molar-refractivity contribution in [2.75, 3.05) is 20.8 Å². The predicted octanol–water partition coefficient (Wildman–Crippen LogP) is 5.17. The quantitative estimate of drug-likeness (QED) is 0.355. The van der Waals surface area contributed by atoms with Crippen LogP contribution in [0.15, 0.2) is 59.6 Å². The minimum absolute atomic E-state index is 0.0624. The van der Waals surface area contributed by atoms with Crippen LogP contribution < -0.4 is 9.47 Å². The van der Waals surface area contributed by atoms with Gasteiger partial charge in [0, 0.05) is 23.9 Å². The van der Waals surface area contributed by atoms with Crippen LogP contribution in [0, 0.1) is 0 Å². The number of hydrogen-bond donors (Lipinski definition) is 0. The maximum atomic E-state index is 12.9. The third-order valence-corrected chi connectivity index (χ3v) is 6.41. The molecule has 0 saturated carbocycles. The molecule has 0 aliphatic carbocycles. The lowest BCUT2D eigenvalue weighted by Gasteiger charge is -2.11. The van der Waals surface area contributed by atoms with E-state index in [4.69, 9.17) is 26.8 Å². The average molecular weight is 466 g/mol. The summed E-state index contributed by atoms with van der Waals surface area (Å²) < 4.78 is 13.2. The minimum atomic E-state index is -0.0624. The van der Waals surface area contributed by atoms with Gasteiger partial charge < -0.3 is 9.47 Å². The number of carbonyl (C=O) groups is 1. The van der Waals surface area contributed by atoms with Crippen molar-refractivity contribution < 1.29 is 14.3 Å². The number of aromatic nitrogens is 2. The standard InChI is InChI=1S/C24H23N3O3S2/c1-4-12-26-23(28)21(32-24(26)31)14-17-15-27(18-8-6-5-7-9-18)25-22(17)16-10-11-19(29-2)20(13-16)30-3/h5-11,13-15H,4,12H2,1-3H3/b21-14-. The Bertz CT molecular complexity index is 1190. The Morgan fingerprint density at radius 3 is 2.53 bits per heavy atom. The van der Waals surface area contributed by atoms with Gasteiger partial charge in [0.1, 0.15) is 10.0 Å². The first-order valence-electron chi connectivity index (χ1n) is 10.2. The molecule has 3 aromatic rings. The highest BCUT2D eigenvalue weighted by atomic mass is 32.2. The number of amides is 1. The Morgan fingerprint density at radius 1 is 1.09 bits per heavy atom. The second-order valence-corrected chi connectivity index (χ2v) is 8.79. The fourth-order valence-electron chi connectivity index (χ4n) is 3.47. The molecule has 0 radical (unpaired) electrons. The van der Waals surface area contributed by atoms with Crippen LogP contribution >= 0.6 is 24.0 Å². The number of ether oxygens (including phenoxy) is 2. The first-order chi connectivity index (χ1) is 15.5. The second kappa shape index (κ2) is 9.58. The summed E-state index contributed by atoms with van der Waals surface area (Å²) in [6, 6.07) is 15.5. The van der Waals surface area contributed by atoms with Gasteiger partial charge in [0.15, 0.2) is 11.5 Å². The number of nitrogens with zero attached hydrogens (tertiary/aromatic N) is 3. The number of thioether (sulfide) groups is 1. The highest BCUT2D eigenvalue weighted by Gasteiger charge is 2.31. The molecule has 8 heteroatoms. The molecule has 1 fully saturated rings. The molecule has 1 aliphatic rings. The molecule has 0 spiro atoms. The first kappa shape index (κ1) is 22.1. The third kappa shape index (κ3) is 4.28. The smallest absolute Gasteiger partial charge is 0.266 e. The van der Waals surface area contributed by atoms with Gasteiger partial charge >= 0.3 is 0 Å². The molecular weight excluding hydrogens is 442 g/mol. The Kier molecular flexibility index (Phi) is 6.62. The van der Waals surface area contributed by atoms with Crippen molar-refractivity contribution in [2.45, 2.75) is 13.3 Å². The molecular formula is C24H23N3O3S2. The highest BCUT2D eigenvalue weighted by molar-refractivity contribution is 8.26. The van der Waals surface area contributed by atoms with Crippen molar-refractivity contribution in [1.29, 1.82) is 0 Å². The molecule has 1 aliphatic heterocycles. The van der Waals surface area contributed by atoms with Crippen molar-refractivity contribution >= 4 is 40.3 Å². The number of methoxy groups -OCH3 is 2. The highest BCUT2D eigenvalue weighted by Crippen LogP contribution is 2.37. The molecule has 0 bridgehead atoms. The lowest BCUT2D eigenvalue weighted by Crippen LogP contribution is -2.28. The number of carbonyl (C=O) groups excluding carboxylic acids is 1. The zero-order valence-corrected chi connectivity index (χ0v) is 19.7. The van der Waals surface area contributed by atoms with Crippen LogP contribution in [-0.4, -0.2) is 45.7 Å². The molecule has 2 heterocycles. The van der Waals surface area contributed by atoms with E-state index in [2.05, 4.69) is 0 Å². The summed E-state index contributed by atoms with van der Waals surface area (Å²) >= 11 is 6.75. The Morgan fingerprint density at radius 2 is 1.84 bits per heavy atom. The van der Waals surface area contributed by atoms with Crippen LogP contribution in [0.5, 0.6) is 11.5 Å². The Hall–Kier alpha value is -3.10. The van der Waals surface area contributed by atoms with E-state index in [1.807, 2.05) is 72.4 Å². The van der Waals surface area contributed by atoms with E-state index in [0.717, 1.165) is 28.9 Å². The number of thiocarbonyl (C=S) groups is 1. The van der Waals surface area contributed by atoms with Crippen molar-refractivity contribution in [1.82, 2.24) is 14.7 Å². The second-order valence-electron chi connectivity index (χ2n) is 7.12. The summed E-state index contributed by atoms with van der Waals surface area (Å²) in [7, 11) is 3.20. The van der Waals surface area contributed by atoms with Crippen LogP contribution in [0.4, 0.5) is 0 Å². The third-order valence-electron chi connectivity index (χ3n) is 5.03. The van der Waals surface area contributed by atoms with Gasteiger partial charge in [0.25, 0.3) is 5.91 Å². The van der Waals surface area contributed by atoms with Gasteiger partial charge in [-0.3, -0.25) is 9.69 Å². The summed E-state index contributed by atoms with van der Waals surface area (Å²) in [6.07, 6.45) is 4.64. The molecule has 6 nitrogen and oxygen atoms in total. The lowest BCUT2D eigenvalue weighted by molar-refractivity contribution is -0.122. The van der Waals surface area contributed by atoms with Crippen LogP contribution in [0.1, 0.15) is 18.9 Å². The van der Waals surface area contributed by atoms with Crippen molar-refractivity contribution in [2.24, 2.45) is 0 Å². The zero-order chi connectivity index (χ0) is 22.7. The summed E-state index contributed by atoms with van der Waals surface area (Å²) in [6.45, 7) is 2.65. The molecule has 4 rings (SSSR count). The van der Waals surface area contributed by atoms with E-state index < -0.39 is 0 Å². The summed E-state index contributed by atoms with van der Waals surface area (Å²) in [4.78, 5) is 15.2. The number of hydrogen-bond acceptors (Lipinski definition) is 6. The Balaban J connectivity index is 1.82. The van der Waals surface area contributed by atoms with Gasteiger partial charge in [-0.05, 0) is 42.8 Å². The number of benzene rings is 2. The van der Waals surface area contributed by atoms with Gasteiger partial charge in [-0.2, -0.15) is 5.10 Å². The predicted molar refractivity (Wildman–Crippen MR) is 132 cm³/mol. The van der Waals surface area contributed by atoms with Gasteiger partial charge in [-0.1, -0.05) is 49.1 Å². The fourth-order valence-corrected chi connectivity index (χ4v) is 4.77. The summed E-state index contributed by atoms with van der Waals surface area (Å²) in [5.41, 5.74) is 3.33. The lowest BCUT2D eigenvalue weighted by atomic mass is 10.1. The summed E-state index contributed by atoms with van der Waals surface area (Å²) in [5, 5.41) is 4.83. The minimum Gasteiger partial charge on any atom is -0.493 e. The maximum absolute atomic E-state index is 12.9. The van der Waals surface area contributed by atoms with Crippen molar-refractivity contribution in [3.8, 4) is 28.4 Å². The molecule has 2 aromatic carbocycles. The van der Waals surface area contributed by atoms with Gasteiger partial charge in [0.05, 0.1) is 24.8 Å². The van der Waals surface area contributed by atoms with Gasteiger partial charge in [-0.15, -0.1) is 0 Å². The topological polar surface area (TPSA) is 56.6 Å². The molecule has 1 saturated heterocycles. The summed E-state index contributed by atoms with van der Waals surface area (Å²) in [5.74, 6) is 1.19. The van der Waals surface area contributed by atoms with Gasteiger partial charge in [-0.25, -0.2) is 4.68 Å². The maximum Gasteiger partial charge on any atom is 0.266 e. The van der Waals surface area contributed by atoms with E-state index in [1.165, 1.54) is 11.8 Å². The van der Waals surface area contributed by atoms with E-state index >= 15 is 0 Å². The van der Waals surface area contributed by atoms with Crippen molar-refractivity contribution in [3.63, 3.8) is 0 Å². The molecule has 1 aromatic heterocycles. The van der Waals surface area contributed by atoms with Crippen LogP contribution in [0.3, 0.4) is 0 Å². The molecule has 1 amide bonds. The molecule has 32 heavy (non-hydrogen) atoms. The largest absolute Gasteiger partial charge is 0.493 e. The normalized spacial score (nSPS) is 15.0. The van der Waals surface area contributed by atoms with E-state index in [1.54, 1.807) is 19.1 Å². The van der Waals surface area contributed by atoms with Gasteiger partial charge in [0.2, 0.25) is 0 Å². The van der Waals surface area contributed by atoms with E-state index in [-0.39, 0.29) is 5.91 Å². The van der Waals surface area contributed by atoms with E-state index in [9.17, 15) is 4.79 Å². The first-order valence-corrected chi connectivity index (χ1v) is 11.4. The number of rotatable bonds is 7. The molecule has 0 unspecified atom stereocenters. The molecule has 164 valence electrons. The van der Waals surface area contributed by atoms with Crippen LogP contribution in [0.25, 0.3) is 23.0 Å². The van der Waals surface area contributed by atoms with Crippen LogP contribution in [0.2, 0.25) is 0 Å². The van der Waals surface area contributed by atoms with Crippen molar-refractivity contribution in [3.05, 3.63) is 65.2 Å². The monoisotopic (exact) mass is 465 g/mol. The Labute approximate surface area is 196 Å². The number of para-hydroxylation sites is 1. The molecule has 0 atom stereocenters. The average Bonchev–Trinajstić information content (AvgIpc) is 3.36. The zero-order valence-electron chi connectivity index (χ0n) is 18.1. The molecule has 0 N–H and O–H groups in total. The fraction of sp³-hybridized carbons (Fsp3) is 0.208. The van der Waals surface area contributed by atoms with Crippen LogP contribution in [-0.2, 0) is 4.79 Å². The van der Waals surface area contributed by atoms with E-state index in [0.29, 0.717) is 27.3 Å². The SMILES string of the molecule is CCCN1C(=O)/C(=C/c2cn(-c3ccccc3)nc2-c2ccc(OC)c(OC)c2)SC1=S.